The summed E-state index contributed by atoms with van der Waals surface area (Å²) in [5, 5.41) is 11.4. The van der Waals surface area contributed by atoms with E-state index in [4.69, 9.17) is 10.00 Å². The zero-order valence-corrected chi connectivity index (χ0v) is 14.3. The van der Waals surface area contributed by atoms with Crippen molar-refractivity contribution in [2.24, 2.45) is 0 Å². The van der Waals surface area contributed by atoms with Gasteiger partial charge in [-0.15, -0.1) is 11.8 Å². The Hall–Kier alpha value is -2.04. The molecule has 118 valence electrons. The summed E-state index contributed by atoms with van der Waals surface area (Å²) < 4.78 is 18.8. The van der Waals surface area contributed by atoms with E-state index in [9.17, 15) is 9.18 Å². The molecule has 7 heteroatoms. The molecule has 0 saturated heterocycles. The van der Waals surface area contributed by atoms with Crippen LogP contribution in [-0.2, 0) is 4.79 Å². The maximum Gasteiger partial charge on any atom is 0.262 e. The van der Waals surface area contributed by atoms with Gasteiger partial charge >= 0.3 is 0 Å². The van der Waals surface area contributed by atoms with Gasteiger partial charge in [0, 0.05) is 4.90 Å². The lowest BCUT2D eigenvalue weighted by atomic mass is 10.3. The quantitative estimate of drug-likeness (QED) is 0.744. The third-order valence-corrected chi connectivity index (χ3v) is 4.27. The smallest absolute Gasteiger partial charge is 0.262 e. The van der Waals surface area contributed by atoms with Crippen molar-refractivity contribution in [3.63, 3.8) is 0 Å². The molecule has 1 amide bonds. The van der Waals surface area contributed by atoms with Gasteiger partial charge in [0.2, 0.25) is 0 Å². The standard InChI is InChI=1S/C16H12BrFN2O2S/c17-12-9-11(18)5-6-14(12)22-10-16(21)20-13-3-1-2-4-15(13)23-8-7-19/h1-6,9H,8,10H2,(H,20,21). The Kier molecular flexibility index (Phi) is 6.44. The van der Waals surface area contributed by atoms with Crippen LogP contribution in [0.4, 0.5) is 10.1 Å². The third kappa shape index (κ3) is 5.27. The summed E-state index contributed by atoms with van der Waals surface area (Å²) in [5.41, 5.74) is 0.625. The lowest BCUT2D eigenvalue weighted by molar-refractivity contribution is -0.118. The molecule has 0 aromatic heterocycles. The van der Waals surface area contributed by atoms with E-state index in [1.807, 2.05) is 18.2 Å². The summed E-state index contributed by atoms with van der Waals surface area (Å²) in [5.74, 6) is -0.0524. The van der Waals surface area contributed by atoms with Crippen LogP contribution in [0.15, 0.2) is 51.8 Å². The molecular weight excluding hydrogens is 383 g/mol. The van der Waals surface area contributed by atoms with Crippen molar-refractivity contribution >= 4 is 39.3 Å². The maximum atomic E-state index is 13.0. The molecule has 0 saturated carbocycles. The van der Waals surface area contributed by atoms with Crippen molar-refractivity contribution in [1.29, 1.82) is 5.26 Å². The molecule has 0 unspecified atom stereocenters. The van der Waals surface area contributed by atoms with Gasteiger partial charge < -0.3 is 10.1 Å². The second-order valence-electron chi connectivity index (χ2n) is 4.35. The molecule has 1 N–H and O–H groups in total. The first-order chi connectivity index (χ1) is 11.1. The van der Waals surface area contributed by atoms with Gasteiger partial charge in [0.05, 0.1) is 22.0 Å². The van der Waals surface area contributed by atoms with Gasteiger partial charge in [0.15, 0.2) is 6.61 Å². The van der Waals surface area contributed by atoms with Gasteiger partial charge in [-0.2, -0.15) is 5.26 Å². The van der Waals surface area contributed by atoms with Crippen LogP contribution in [0.2, 0.25) is 0 Å². The number of nitriles is 1. The summed E-state index contributed by atoms with van der Waals surface area (Å²) in [6, 6.07) is 13.2. The second kappa shape index (κ2) is 8.56. The van der Waals surface area contributed by atoms with Gasteiger partial charge in [0.1, 0.15) is 11.6 Å². The first-order valence-electron chi connectivity index (χ1n) is 6.56. The fourth-order valence-electron chi connectivity index (χ4n) is 1.73. The normalized spacial score (nSPS) is 9.96. The molecule has 2 aromatic carbocycles. The molecule has 0 radical (unpaired) electrons. The van der Waals surface area contributed by atoms with Crippen LogP contribution in [0.1, 0.15) is 0 Å². The van der Waals surface area contributed by atoms with Crippen molar-refractivity contribution < 1.29 is 13.9 Å². The second-order valence-corrected chi connectivity index (χ2v) is 6.23. The minimum absolute atomic E-state index is 0.207. The van der Waals surface area contributed by atoms with E-state index in [0.29, 0.717) is 21.7 Å². The summed E-state index contributed by atoms with van der Waals surface area (Å²) in [6.45, 7) is -0.207. The molecular formula is C16H12BrFN2O2S. The first kappa shape index (κ1) is 17.3. The minimum atomic E-state index is -0.392. The van der Waals surface area contributed by atoms with Crippen LogP contribution in [0.25, 0.3) is 0 Å². The summed E-state index contributed by atoms with van der Waals surface area (Å²) >= 11 is 4.52. The number of anilines is 1. The molecule has 0 aliphatic heterocycles. The summed E-state index contributed by atoms with van der Waals surface area (Å²) in [6.07, 6.45) is 0. The molecule has 0 heterocycles. The first-order valence-corrected chi connectivity index (χ1v) is 8.34. The highest BCUT2D eigenvalue weighted by Gasteiger charge is 2.09. The Morgan fingerprint density at radius 1 is 1.35 bits per heavy atom. The molecule has 0 fully saturated rings. The molecule has 23 heavy (non-hydrogen) atoms. The van der Waals surface area contributed by atoms with Crippen LogP contribution in [0.5, 0.6) is 5.75 Å². The number of nitrogens with one attached hydrogen (secondary N) is 1. The van der Waals surface area contributed by atoms with E-state index in [2.05, 4.69) is 21.2 Å². The fraction of sp³-hybridized carbons (Fsp3) is 0.125. The molecule has 0 aliphatic carbocycles. The number of thioether (sulfide) groups is 1. The molecule has 4 nitrogen and oxygen atoms in total. The van der Waals surface area contributed by atoms with E-state index in [-0.39, 0.29) is 12.5 Å². The topological polar surface area (TPSA) is 62.1 Å². The van der Waals surface area contributed by atoms with E-state index in [1.54, 1.807) is 12.1 Å². The fourth-order valence-corrected chi connectivity index (χ4v) is 2.86. The monoisotopic (exact) mass is 394 g/mol. The van der Waals surface area contributed by atoms with Crippen LogP contribution in [-0.4, -0.2) is 18.3 Å². The number of nitrogens with zero attached hydrogens (tertiary/aromatic N) is 1. The number of halogens is 2. The Morgan fingerprint density at radius 3 is 2.87 bits per heavy atom. The average molecular weight is 395 g/mol. The van der Waals surface area contributed by atoms with Crippen LogP contribution < -0.4 is 10.1 Å². The lowest BCUT2D eigenvalue weighted by Crippen LogP contribution is -2.20. The maximum absolute atomic E-state index is 13.0. The number of benzene rings is 2. The number of carbonyl (C=O) groups excluding carboxylic acids is 1. The molecule has 0 aliphatic rings. The Balaban J connectivity index is 1.96. The highest BCUT2D eigenvalue weighted by atomic mass is 79.9. The molecule has 0 spiro atoms. The predicted molar refractivity (Wildman–Crippen MR) is 91.0 cm³/mol. The number of carbonyl (C=O) groups is 1. The van der Waals surface area contributed by atoms with Crippen LogP contribution in [0, 0.1) is 17.1 Å². The third-order valence-electron chi connectivity index (χ3n) is 2.71. The number of rotatable bonds is 6. The van der Waals surface area contributed by atoms with Crippen molar-refractivity contribution in [1.82, 2.24) is 0 Å². The molecule has 0 bridgehead atoms. The van der Waals surface area contributed by atoms with Crippen molar-refractivity contribution in [2.75, 3.05) is 17.7 Å². The number of ether oxygens (including phenoxy) is 1. The Labute approximate surface area is 145 Å². The zero-order chi connectivity index (χ0) is 16.7. The van der Waals surface area contributed by atoms with Gasteiger partial charge in [-0.3, -0.25) is 4.79 Å². The van der Waals surface area contributed by atoms with Crippen molar-refractivity contribution in [3.8, 4) is 11.8 Å². The highest BCUT2D eigenvalue weighted by molar-refractivity contribution is 9.10. The number of amides is 1. The van der Waals surface area contributed by atoms with Gasteiger partial charge in [-0.1, -0.05) is 12.1 Å². The van der Waals surface area contributed by atoms with Crippen molar-refractivity contribution in [3.05, 3.63) is 52.8 Å². The Morgan fingerprint density at radius 2 is 2.13 bits per heavy atom. The molecule has 2 aromatic rings. The molecule has 2 rings (SSSR count). The van der Waals surface area contributed by atoms with Gasteiger partial charge in [-0.05, 0) is 46.3 Å². The van der Waals surface area contributed by atoms with Crippen LogP contribution in [0.3, 0.4) is 0 Å². The average Bonchev–Trinajstić information content (AvgIpc) is 2.53. The lowest BCUT2D eigenvalue weighted by Gasteiger charge is -2.11. The Bertz CT molecular complexity index is 749. The largest absolute Gasteiger partial charge is 0.483 e. The number of para-hydroxylation sites is 1. The van der Waals surface area contributed by atoms with E-state index in [1.165, 1.54) is 30.0 Å². The van der Waals surface area contributed by atoms with E-state index >= 15 is 0 Å². The summed E-state index contributed by atoms with van der Waals surface area (Å²) in [4.78, 5) is 12.8. The van der Waals surface area contributed by atoms with E-state index < -0.39 is 5.82 Å². The number of hydrogen-bond acceptors (Lipinski definition) is 4. The predicted octanol–water partition coefficient (Wildman–Crippen LogP) is 4.22. The number of hydrogen-bond donors (Lipinski definition) is 1. The van der Waals surface area contributed by atoms with Crippen molar-refractivity contribution in [2.45, 2.75) is 4.90 Å². The van der Waals surface area contributed by atoms with Gasteiger partial charge in [-0.25, -0.2) is 4.39 Å². The SMILES string of the molecule is N#CCSc1ccccc1NC(=O)COc1ccc(F)cc1Br. The highest BCUT2D eigenvalue weighted by Crippen LogP contribution is 2.27. The summed E-state index contributed by atoms with van der Waals surface area (Å²) in [7, 11) is 0. The van der Waals surface area contributed by atoms with Gasteiger partial charge in [0.25, 0.3) is 5.91 Å². The van der Waals surface area contributed by atoms with E-state index in [0.717, 1.165) is 4.90 Å². The van der Waals surface area contributed by atoms with Crippen LogP contribution >= 0.6 is 27.7 Å². The molecule has 0 atom stereocenters. The zero-order valence-electron chi connectivity index (χ0n) is 11.9. The minimum Gasteiger partial charge on any atom is -0.483 e.